The molecule has 0 aliphatic heterocycles. The molecule has 1 aliphatic carbocycles. The summed E-state index contributed by atoms with van der Waals surface area (Å²) in [5.74, 6) is 0.702. The SMILES string of the molecule is C=C(C)CNC(=NCC(=O)N(C)C)NCC1(CC)CCC1. The number of hydrogen-bond donors (Lipinski definition) is 2. The van der Waals surface area contributed by atoms with Gasteiger partial charge in [0, 0.05) is 27.2 Å². The molecule has 0 bridgehead atoms. The first-order valence-corrected chi connectivity index (χ1v) is 7.75. The van der Waals surface area contributed by atoms with Gasteiger partial charge in [0.25, 0.3) is 0 Å². The molecule has 0 radical (unpaired) electrons. The molecule has 0 atom stereocenters. The molecule has 1 amide bonds. The largest absolute Gasteiger partial charge is 0.356 e. The zero-order valence-electron chi connectivity index (χ0n) is 14.0. The van der Waals surface area contributed by atoms with E-state index >= 15 is 0 Å². The van der Waals surface area contributed by atoms with Crippen LogP contribution in [0.2, 0.25) is 0 Å². The van der Waals surface area contributed by atoms with Crippen LogP contribution in [0.5, 0.6) is 0 Å². The van der Waals surface area contributed by atoms with Crippen LogP contribution >= 0.6 is 0 Å². The molecule has 1 rings (SSSR count). The molecule has 0 spiro atoms. The third kappa shape index (κ3) is 5.78. The van der Waals surface area contributed by atoms with Crippen LogP contribution in [0, 0.1) is 5.41 Å². The molecule has 0 aromatic heterocycles. The molecular formula is C16H30N4O. The first kappa shape index (κ1) is 17.5. The molecule has 1 saturated carbocycles. The Balaban J connectivity index is 2.56. The van der Waals surface area contributed by atoms with Gasteiger partial charge in [-0.2, -0.15) is 0 Å². The summed E-state index contributed by atoms with van der Waals surface area (Å²) in [6, 6.07) is 0. The highest BCUT2D eigenvalue weighted by Crippen LogP contribution is 2.42. The van der Waals surface area contributed by atoms with Crippen LogP contribution in [0.15, 0.2) is 17.1 Å². The summed E-state index contributed by atoms with van der Waals surface area (Å²) in [5.41, 5.74) is 1.45. The number of amides is 1. The quantitative estimate of drug-likeness (QED) is 0.427. The van der Waals surface area contributed by atoms with Crippen molar-refractivity contribution in [2.24, 2.45) is 10.4 Å². The summed E-state index contributed by atoms with van der Waals surface area (Å²) < 4.78 is 0. The Morgan fingerprint density at radius 2 is 2.00 bits per heavy atom. The third-order valence-corrected chi connectivity index (χ3v) is 4.22. The first-order valence-electron chi connectivity index (χ1n) is 7.75. The zero-order chi connectivity index (χ0) is 15.9. The lowest BCUT2D eigenvalue weighted by molar-refractivity contribution is -0.127. The third-order valence-electron chi connectivity index (χ3n) is 4.22. The predicted octanol–water partition coefficient (Wildman–Crippen LogP) is 1.77. The average molecular weight is 294 g/mol. The Morgan fingerprint density at radius 3 is 2.43 bits per heavy atom. The Hall–Kier alpha value is -1.52. The lowest BCUT2D eigenvalue weighted by atomic mass is 9.67. The van der Waals surface area contributed by atoms with Gasteiger partial charge >= 0.3 is 0 Å². The molecule has 0 aromatic rings. The molecule has 0 aromatic carbocycles. The van der Waals surface area contributed by atoms with Gasteiger partial charge in [0.05, 0.1) is 0 Å². The summed E-state index contributed by atoms with van der Waals surface area (Å²) in [6.07, 6.45) is 5.06. The number of rotatable bonds is 7. The highest BCUT2D eigenvalue weighted by atomic mass is 16.2. The number of carbonyl (C=O) groups excluding carboxylic acids is 1. The summed E-state index contributed by atoms with van der Waals surface area (Å²) >= 11 is 0. The smallest absolute Gasteiger partial charge is 0.243 e. The van der Waals surface area contributed by atoms with Gasteiger partial charge in [0.2, 0.25) is 5.91 Å². The fraction of sp³-hybridized carbons (Fsp3) is 0.750. The Morgan fingerprint density at radius 1 is 1.33 bits per heavy atom. The van der Waals surface area contributed by atoms with E-state index < -0.39 is 0 Å². The number of hydrogen-bond acceptors (Lipinski definition) is 2. The van der Waals surface area contributed by atoms with Crippen molar-refractivity contribution in [2.75, 3.05) is 33.7 Å². The van der Waals surface area contributed by atoms with E-state index in [-0.39, 0.29) is 12.5 Å². The second-order valence-electron chi connectivity index (χ2n) is 6.32. The minimum Gasteiger partial charge on any atom is -0.356 e. The van der Waals surface area contributed by atoms with Crippen molar-refractivity contribution < 1.29 is 4.79 Å². The minimum atomic E-state index is 0.000254. The molecule has 0 saturated heterocycles. The van der Waals surface area contributed by atoms with E-state index in [1.807, 2.05) is 6.92 Å². The van der Waals surface area contributed by atoms with Crippen molar-refractivity contribution in [3.8, 4) is 0 Å². The topological polar surface area (TPSA) is 56.7 Å². The van der Waals surface area contributed by atoms with E-state index in [9.17, 15) is 4.79 Å². The van der Waals surface area contributed by atoms with Crippen LogP contribution < -0.4 is 10.6 Å². The van der Waals surface area contributed by atoms with Crippen molar-refractivity contribution >= 4 is 11.9 Å². The van der Waals surface area contributed by atoms with Crippen LogP contribution in [0.25, 0.3) is 0 Å². The van der Waals surface area contributed by atoms with Gasteiger partial charge in [-0.3, -0.25) is 4.79 Å². The number of aliphatic imine (C=N–C) groups is 1. The second-order valence-corrected chi connectivity index (χ2v) is 6.32. The molecule has 21 heavy (non-hydrogen) atoms. The lowest BCUT2D eigenvalue weighted by Crippen LogP contribution is -2.46. The standard InChI is InChI=1S/C16H30N4O/c1-6-16(8-7-9-16)12-19-15(17-10-13(2)3)18-11-14(21)20(4)5/h2,6-12H2,1,3-5H3,(H2,17,18,19). The number of carbonyl (C=O) groups is 1. The second kappa shape index (κ2) is 8.05. The summed E-state index contributed by atoms with van der Waals surface area (Å²) in [7, 11) is 3.49. The molecule has 120 valence electrons. The molecule has 2 N–H and O–H groups in total. The number of nitrogens with one attached hydrogen (secondary N) is 2. The van der Waals surface area contributed by atoms with Crippen molar-refractivity contribution in [1.29, 1.82) is 0 Å². The molecular weight excluding hydrogens is 264 g/mol. The van der Waals surface area contributed by atoms with E-state index in [0.29, 0.717) is 17.9 Å². The van der Waals surface area contributed by atoms with Crippen LogP contribution in [-0.4, -0.2) is 50.5 Å². The van der Waals surface area contributed by atoms with Crippen LogP contribution in [-0.2, 0) is 4.79 Å². The summed E-state index contributed by atoms with van der Waals surface area (Å²) in [5, 5.41) is 6.62. The van der Waals surface area contributed by atoms with Crippen molar-refractivity contribution in [2.45, 2.75) is 39.5 Å². The van der Waals surface area contributed by atoms with Crippen LogP contribution in [0.3, 0.4) is 0 Å². The number of guanidine groups is 1. The highest BCUT2D eigenvalue weighted by Gasteiger charge is 2.34. The van der Waals surface area contributed by atoms with Crippen LogP contribution in [0.4, 0.5) is 0 Å². The van der Waals surface area contributed by atoms with E-state index in [4.69, 9.17) is 0 Å². The van der Waals surface area contributed by atoms with Crippen molar-refractivity contribution in [3.63, 3.8) is 0 Å². The molecule has 1 fully saturated rings. The van der Waals surface area contributed by atoms with Gasteiger partial charge in [0.1, 0.15) is 6.54 Å². The molecule has 5 heteroatoms. The van der Waals surface area contributed by atoms with Crippen molar-refractivity contribution in [1.82, 2.24) is 15.5 Å². The fourth-order valence-corrected chi connectivity index (χ4v) is 2.30. The molecule has 0 heterocycles. The number of likely N-dealkylation sites (N-methyl/N-ethyl adjacent to an activating group) is 1. The molecule has 1 aliphatic rings. The van der Waals surface area contributed by atoms with Gasteiger partial charge in [-0.25, -0.2) is 4.99 Å². The Labute approximate surface area is 128 Å². The molecule has 0 unspecified atom stereocenters. The number of nitrogens with zero attached hydrogens (tertiary/aromatic N) is 2. The average Bonchev–Trinajstić information content (AvgIpc) is 2.39. The van der Waals surface area contributed by atoms with Gasteiger partial charge in [-0.05, 0) is 31.6 Å². The summed E-state index contributed by atoms with van der Waals surface area (Å²) in [4.78, 5) is 17.6. The van der Waals surface area contributed by atoms with E-state index in [1.54, 1.807) is 19.0 Å². The fourth-order valence-electron chi connectivity index (χ4n) is 2.30. The highest BCUT2D eigenvalue weighted by molar-refractivity contribution is 5.84. The lowest BCUT2D eigenvalue weighted by Gasteiger charge is -2.41. The monoisotopic (exact) mass is 294 g/mol. The van der Waals surface area contributed by atoms with E-state index in [0.717, 1.165) is 12.1 Å². The molecule has 5 nitrogen and oxygen atoms in total. The van der Waals surface area contributed by atoms with Gasteiger partial charge < -0.3 is 15.5 Å². The van der Waals surface area contributed by atoms with E-state index in [2.05, 4.69) is 29.1 Å². The first-order chi connectivity index (χ1) is 9.88. The van der Waals surface area contributed by atoms with E-state index in [1.165, 1.54) is 25.7 Å². The maximum absolute atomic E-state index is 11.7. The maximum atomic E-state index is 11.7. The Bertz CT molecular complexity index is 392. The van der Waals surface area contributed by atoms with Gasteiger partial charge in [0.15, 0.2) is 5.96 Å². The van der Waals surface area contributed by atoms with Crippen molar-refractivity contribution in [3.05, 3.63) is 12.2 Å². The van der Waals surface area contributed by atoms with Gasteiger partial charge in [-0.15, -0.1) is 0 Å². The minimum absolute atomic E-state index is 0.000254. The Kier molecular flexibility index (Phi) is 6.72. The normalized spacial score (nSPS) is 16.9. The summed E-state index contributed by atoms with van der Waals surface area (Å²) in [6.45, 7) is 9.84. The zero-order valence-corrected chi connectivity index (χ0v) is 14.0. The maximum Gasteiger partial charge on any atom is 0.243 e. The van der Waals surface area contributed by atoms with Crippen LogP contribution in [0.1, 0.15) is 39.5 Å². The predicted molar refractivity (Wildman–Crippen MR) is 88.4 cm³/mol. The van der Waals surface area contributed by atoms with Gasteiger partial charge in [-0.1, -0.05) is 25.5 Å².